The van der Waals surface area contributed by atoms with E-state index in [-0.39, 0.29) is 36.1 Å². The Balaban J connectivity index is 1.87. The van der Waals surface area contributed by atoms with Crippen LogP contribution >= 0.6 is 0 Å². The van der Waals surface area contributed by atoms with Crippen LogP contribution < -0.4 is 10.6 Å². The van der Waals surface area contributed by atoms with E-state index < -0.39 is 0 Å². The number of nitrogens with one attached hydrogen (secondary N) is 2. The summed E-state index contributed by atoms with van der Waals surface area (Å²) >= 11 is 0. The second-order valence-corrected chi connectivity index (χ2v) is 7.68. The molecule has 26 heavy (non-hydrogen) atoms. The minimum atomic E-state index is -0.229. The van der Waals surface area contributed by atoms with Crippen LogP contribution in [0.25, 0.3) is 0 Å². The van der Waals surface area contributed by atoms with Crippen LogP contribution in [0.15, 0.2) is 24.3 Å². The number of carbonyl (C=O) groups is 2. The van der Waals surface area contributed by atoms with Gasteiger partial charge < -0.3 is 20.3 Å². The summed E-state index contributed by atoms with van der Waals surface area (Å²) in [5.74, 6) is -0.0331. The van der Waals surface area contributed by atoms with E-state index in [1.54, 1.807) is 12.1 Å². The van der Waals surface area contributed by atoms with Crippen LogP contribution in [-0.4, -0.2) is 54.1 Å². The van der Waals surface area contributed by atoms with Gasteiger partial charge in [-0.2, -0.15) is 0 Å². The van der Waals surface area contributed by atoms with Crippen LogP contribution in [0.3, 0.4) is 0 Å². The lowest BCUT2D eigenvalue weighted by Gasteiger charge is -2.35. The van der Waals surface area contributed by atoms with Crippen molar-refractivity contribution in [1.82, 2.24) is 10.2 Å². The van der Waals surface area contributed by atoms with Crippen molar-refractivity contribution in [2.45, 2.75) is 58.8 Å². The van der Waals surface area contributed by atoms with E-state index in [4.69, 9.17) is 4.74 Å². The van der Waals surface area contributed by atoms with Gasteiger partial charge in [0.2, 0.25) is 5.91 Å². The van der Waals surface area contributed by atoms with Crippen LogP contribution in [0.5, 0.6) is 0 Å². The maximum Gasteiger partial charge on any atom is 0.251 e. The van der Waals surface area contributed by atoms with Crippen molar-refractivity contribution < 1.29 is 14.3 Å². The maximum absolute atomic E-state index is 12.4. The summed E-state index contributed by atoms with van der Waals surface area (Å²) in [6.45, 7) is 11.5. The molecule has 2 N–H and O–H groups in total. The summed E-state index contributed by atoms with van der Waals surface area (Å²) in [5.41, 5.74) is 1.20. The van der Waals surface area contributed by atoms with Crippen LogP contribution in [-0.2, 0) is 9.53 Å². The van der Waals surface area contributed by atoms with Gasteiger partial charge in [-0.1, -0.05) is 6.92 Å². The lowest BCUT2D eigenvalue weighted by Crippen LogP contribution is -2.49. The Kier molecular flexibility index (Phi) is 6.64. The van der Waals surface area contributed by atoms with Gasteiger partial charge in [-0.3, -0.25) is 9.59 Å². The van der Waals surface area contributed by atoms with Crippen LogP contribution in [0.1, 0.15) is 51.4 Å². The largest absolute Gasteiger partial charge is 0.376 e. The Bertz CT molecular complexity index is 618. The summed E-state index contributed by atoms with van der Waals surface area (Å²) in [6, 6.07) is 7.19. The molecule has 2 rings (SSSR count). The Morgan fingerprint density at radius 3 is 2.27 bits per heavy atom. The number of hydrogen-bond acceptors (Lipinski definition) is 4. The van der Waals surface area contributed by atoms with Gasteiger partial charge in [-0.15, -0.1) is 0 Å². The number of anilines is 1. The van der Waals surface area contributed by atoms with Crippen molar-refractivity contribution >= 4 is 17.5 Å². The highest BCUT2D eigenvalue weighted by Crippen LogP contribution is 2.14. The molecule has 2 unspecified atom stereocenters. The van der Waals surface area contributed by atoms with Crippen molar-refractivity contribution in [3.63, 3.8) is 0 Å². The van der Waals surface area contributed by atoms with Crippen LogP contribution in [0.4, 0.5) is 5.69 Å². The van der Waals surface area contributed by atoms with Gasteiger partial charge in [0.1, 0.15) is 0 Å². The monoisotopic (exact) mass is 361 g/mol. The molecule has 2 amide bonds. The standard InChI is InChI=1S/C20H31N3O3/c1-6-20(4,5)22-19(25)16-7-9-17(10-8-16)21-11-18(24)23-12-14(2)26-15(3)13-23/h7-10,14-15,21H,6,11-13H2,1-5H3,(H,22,25). The molecule has 6 heteroatoms. The number of nitrogens with zero attached hydrogens (tertiary/aromatic N) is 1. The molecule has 2 atom stereocenters. The molecule has 144 valence electrons. The third-order valence-electron chi connectivity index (χ3n) is 4.70. The Morgan fingerprint density at radius 1 is 1.15 bits per heavy atom. The second-order valence-electron chi connectivity index (χ2n) is 7.68. The highest BCUT2D eigenvalue weighted by Gasteiger charge is 2.25. The van der Waals surface area contributed by atoms with Gasteiger partial charge in [0, 0.05) is 29.9 Å². The molecule has 1 saturated heterocycles. The second kappa shape index (κ2) is 8.54. The number of ether oxygens (including phenoxy) is 1. The van der Waals surface area contributed by atoms with E-state index in [1.165, 1.54) is 0 Å². The first-order chi connectivity index (χ1) is 12.2. The first-order valence-corrected chi connectivity index (χ1v) is 9.30. The Hall–Kier alpha value is -2.08. The van der Waals surface area contributed by atoms with E-state index >= 15 is 0 Å². The SMILES string of the molecule is CCC(C)(C)NC(=O)c1ccc(NCC(=O)N2CC(C)OC(C)C2)cc1. The molecule has 1 aromatic rings. The zero-order valence-electron chi connectivity index (χ0n) is 16.5. The maximum atomic E-state index is 12.4. The van der Waals surface area contributed by atoms with Crippen molar-refractivity contribution in [3.05, 3.63) is 29.8 Å². The topological polar surface area (TPSA) is 70.7 Å². The fraction of sp³-hybridized carbons (Fsp3) is 0.600. The van der Waals surface area contributed by atoms with Crippen molar-refractivity contribution in [1.29, 1.82) is 0 Å². The smallest absolute Gasteiger partial charge is 0.251 e. The predicted molar refractivity (Wildman–Crippen MR) is 103 cm³/mol. The van der Waals surface area contributed by atoms with Crippen LogP contribution in [0, 0.1) is 0 Å². The lowest BCUT2D eigenvalue weighted by atomic mass is 10.0. The van der Waals surface area contributed by atoms with Crippen LogP contribution in [0.2, 0.25) is 0 Å². The number of morpholine rings is 1. The van der Waals surface area contributed by atoms with Gasteiger partial charge in [0.05, 0.1) is 18.8 Å². The van der Waals surface area contributed by atoms with E-state index in [9.17, 15) is 9.59 Å². The van der Waals surface area contributed by atoms with Crippen molar-refractivity contribution in [2.24, 2.45) is 0 Å². The number of benzene rings is 1. The third-order valence-corrected chi connectivity index (χ3v) is 4.70. The summed E-state index contributed by atoms with van der Waals surface area (Å²) in [7, 11) is 0. The number of hydrogen-bond donors (Lipinski definition) is 2. The van der Waals surface area contributed by atoms with Crippen molar-refractivity contribution in [2.75, 3.05) is 25.0 Å². The van der Waals surface area contributed by atoms with Gasteiger partial charge in [0.25, 0.3) is 5.91 Å². The first-order valence-electron chi connectivity index (χ1n) is 9.30. The number of carbonyl (C=O) groups excluding carboxylic acids is 2. The quantitative estimate of drug-likeness (QED) is 0.817. The fourth-order valence-electron chi connectivity index (χ4n) is 2.88. The molecule has 1 aromatic carbocycles. The molecule has 1 aliphatic heterocycles. The van der Waals surface area contributed by atoms with Gasteiger partial charge >= 0.3 is 0 Å². The molecule has 0 radical (unpaired) electrons. The molecule has 0 aromatic heterocycles. The normalized spacial score (nSPS) is 20.6. The third kappa shape index (κ3) is 5.73. The molecule has 6 nitrogen and oxygen atoms in total. The molecule has 0 aliphatic carbocycles. The van der Waals surface area contributed by atoms with E-state index in [2.05, 4.69) is 10.6 Å². The highest BCUT2D eigenvalue weighted by atomic mass is 16.5. The first kappa shape index (κ1) is 20.2. The molecule has 0 spiro atoms. The molecule has 1 aliphatic rings. The Morgan fingerprint density at radius 2 is 1.73 bits per heavy atom. The summed E-state index contributed by atoms with van der Waals surface area (Å²) in [5, 5.41) is 6.14. The molecule has 1 heterocycles. The molecule has 0 saturated carbocycles. The Labute approximate surface area is 156 Å². The summed E-state index contributed by atoms with van der Waals surface area (Å²) in [4.78, 5) is 26.5. The molecule has 1 fully saturated rings. The predicted octanol–water partition coefficient (Wildman–Crippen LogP) is 2.65. The van der Waals surface area contributed by atoms with Gasteiger partial charge in [-0.05, 0) is 58.4 Å². The zero-order chi connectivity index (χ0) is 19.3. The van der Waals surface area contributed by atoms with E-state index in [0.717, 1.165) is 12.1 Å². The molecular weight excluding hydrogens is 330 g/mol. The van der Waals surface area contributed by atoms with Crippen molar-refractivity contribution in [3.8, 4) is 0 Å². The summed E-state index contributed by atoms with van der Waals surface area (Å²) < 4.78 is 5.66. The average molecular weight is 361 g/mol. The molecular formula is C20H31N3O3. The zero-order valence-corrected chi connectivity index (χ0v) is 16.5. The molecule has 0 bridgehead atoms. The number of rotatable bonds is 6. The lowest BCUT2D eigenvalue weighted by molar-refractivity contribution is -0.141. The minimum absolute atomic E-state index is 0.0542. The highest BCUT2D eigenvalue weighted by molar-refractivity contribution is 5.95. The summed E-state index contributed by atoms with van der Waals surface area (Å²) in [6.07, 6.45) is 0.986. The average Bonchev–Trinajstić information content (AvgIpc) is 2.59. The minimum Gasteiger partial charge on any atom is -0.376 e. The fourth-order valence-corrected chi connectivity index (χ4v) is 2.88. The van der Waals surface area contributed by atoms with Gasteiger partial charge in [-0.25, -0.2) is 0 Å². The number of amides is 2. The van der Waals surface area contributed by atoms with E-state index in [0.29, 0.717) is 18.7 Å². The van der Waals surface area contributed by atoms with E-state index in [1.807, 2.05) is 51.7 Å². The van der Waals surface area contributed by atoms with Gasteiger partial charge in [0.15, 0.2) is 0 Å².